The van der Waals surface area contributed by atoms with Crippen molar-refractivity contribution in [2.75, 3.05) is 6.54 Å². The zero-order chi connectivity index (χ0) is 14.1. The Labute approximate surface area is 115 Å². The number of H-pyrrole nitrogens is 1. The Hall–Kier alpha value is -2.14. The van der Waals surface area contributed by atoms with E-state index >= 15 is 0 Å². The number of carbonyl (C=O) groups is 1. The van der Waals surface area contributed by atoms with Gasteiger partial charge in [0.15, 0.2) is 5.43 Å². The first-order valence-electron chi connectivity index (χ1n) is 6.73. The van der Waals surface area contributed by atoms with Crippen LogP contribution in [0.15, 0.2) is 35.1 Å². The average molecular weight is 272 g/mol. The van der Waals surface area contributed by atoms with Crippen molar-refractivity contribution in [3.05, 3.63) is 46.2 Å². The van der Waals surface area contributed by atoms with Crippen molar-refractivity contribution in [2.45, 2.75) is 18.9 Å². The number of hydrogen-bond donors (Lipinski definition) is 3. The standard InChI is InChI=1S/C15H16N2O3/c18-13-7-12(17-11-4-2-1-3-10(11)13)15(20)16-8-14(19)9-5-6-9/h1-4,7,9,14,19H,5-6,8H2,(H,16,20)(H,17,18). The Kier molecular flexibility index (Phi) is 3.28. The van der Waals surface area contributed by atoms with Crippen molar-refractivity contribution in [1.29, 1.82) is 0 Å². The van der Waals surface area contributed by atoms with Crippen molar-refractivity contribution in [1.82, 2.24) is 10.3 Å². The number of amides is 1. The Balaban J connectivity index is 1.78. The summed E-state index contributed by atoms with van der Waals surface area (Å²) in [5.41, 5.74) is 0.664. The third kappa shape index (κ3) is 2.58. The number of rotatable bonds is 4. The molecule has 5 heteroatoms. The molecule has 5 nitrogen and oxygen atoms in total. The quantitative estimate of drug-likeness (QED) is 0.777. The molecule has 1 aliphatic rings. The van der Waals surface area contributed by atoms with Gasteiger partial charge in [-0.3, -0.25) is 9.59 Å². The summed E-state index contributed by atoms with van der Waals surface area (Å²) < 4.78 is 0. The Morgan fingerprint density at radius 2 is 2.15 bits per heavy atom. The van der Waals surface area contributed by atoms with Gasteiger partial charge in [-0.2, -0.15) is 0 Å². The summed E-state index contributed by atoms with van der Waals surface area (Å²) in [6.45, 7) is 0.221. The van der Waals surface area contributed by atoms with Crippen LogP contribution in [0.3, 0.4) is 0 Å². The third-order valence-electron chi connectivity index (χ3n) is 3.62. The summed E-state index contributed by atoms with van der Waals surface area (Å²) in [5.74, 6) is -0.0569. The van der Waals surface area contributed by atoms with Crippen LogP contribution in [0, 0.1) is 5.92 Å². The fourth-order valence-corrected chi connectivity index (χ4v) is 2.26. The molecule has 1 amide bonds. The molecule has 1 unspecified atom stereocenters. The van der Waals surface area contributed by atoms with Gasteiger partial charge in [-0.1, -0.05) is 12.1 Å². The van der Waals surface area contributed by atoms with Gasteiger partial charge in [-0.15, -0.1) is 0 Å². The molecule has 0 aliphatic heterocycles. The maximum absolute atomic E-state index is 12.0. The normalized spacial score (nSPS) is 16.1. The van der Waals surface area contributed by atoms with E-state index < -0.39 is 6.10 Å². The first-order valence-corrected chi connectivity index (χ1v) is 6.73. The van der Waals surface area contributed by atoms with E-state index in [9.17, 15) is 14.7 Å². The molecular weight excluding hydrogens is 256 g/mol. The average Bonchev–Trinajstić information content (AvgIpc) is 3.29. The molecule has 1 aromatic heterocycles. The van der Waals surface area contributed by atoms with Gasteiger partial charge in [0, 0.05) is 23.5 Å². The van der Waals surface area contributed by atoms with Gasteiger partial charge in [0.25, 0.3) is 5.91 Å². The molecule has 1 atom stereocenters. The van der Waals surface area contributed by atoms with E-state index in [1.54, 1.807) is 24.3 Å². The molecule has 0 spiro atoms. The fraction of sp³-hybridized carbons (Fsp3) is 0.333. The summed E-state index contributed by atoms with van der Waals surface area (Å²) in [7, 11) is 0. The van der Waals surface area contributed by atoms with E-state index in [0.29, 0.717) is 16.8 Å². The second-order valence-electron chi connectivity index (χ2n) is 5.21. The van der Waals surface area contributed by atoms with Gasteiger partial charge in [-0.05, 0) is 30.9 Å². The number of fused-ring (bicyclic) bond motifs is 1. The summed E-state index contributed by atoms with van der Waals surface area (Å²) in [6.07, 6.45) is 1.54. The number of para-hydroxylation sites is 1. The minimum absolute atomic E-state index is 0.188. The molecule has 1 saturated carbocycles. The lowest BCUT2D eigenvalue weighted by molar-refractivity contribution is 0.0896. The maximum atomic E-state index is 12.0. The van der Waals surface area contributed by atoms with E-state index in [-0.39, 0.29) is 23.6 Å². The number of aliphatic hydroxyl groups is 1. The lowest BCUT2D eigenvalue weighted by atomic mass is 10.2. The molecular formula is C15H16N2O3. The van der Waals surface area contributed by atoms with E-state index in [2.05, 4.69) is 10.3 Å². The topological polar surface area (TPSA) is 82.2 Å². The molecule has 0 saturated heterocycles. The smallest absolute Gasteiger partial charge is 0.267 e. The van der Waals surface area contributed by atoms with Gasteiger partial charge in [0.05, 0.1) is 6.10 Å². The summed E-state index contributed by atoms with van der Waals surface area (Å²) in [5, 5.41) is 12.9. The van der Waals surface area contributed by atoms with Crippen LogP contribution >= 0.6 is 0 Å². The minimum Gasteiger partial charge on any atom is -0.391 e. The van der Waals surface area contributed by atoms with Gasteiger partial charge >= 0.3 is 0 Å². The summed E-state index contributed by atoms with van der Waals surface area (Å²) in [6, 6.07) is 8.35. The van der Waals surface area contributed by atoms with Crippen LogP contribution in [0.2, 0.25) is 0 Å². The lowest BCUT2D eigenvalue weighted by Crippen LogP contribution is -2.34. The van der Waals surface area contributed by atoms with Crippen molar-refractivity contribution in [3.8, 4) is 0 Å². The number of carbonyl (C=O) groups excluding carboxylic acids is 1. The van der Waals surface area contributed by atoms with Crippen molar-refractivity contribution in [2.24, 2.45) is 5.92 Å². The van der Waals surface area contributed by atoms with Crippen LogP contribution in [0.5, 0.6) is 0 Å². The molecule has 1 aromatic carbocycles. The van der Waals surface area contributed by atoms with Crippen molar-refractivity contribution in [3.63, 3.8) is 0 Å². The molecule has 20 heavy (non-hydrogen) atoms. The third-order valence-corrected chi connectivity index (χ3v) is 3.62. The molecule has 104 valence electrons. The first-order chi connectivity index (χ1) is 9.65. The van der Waals surface area contributed by atoms with Gasteiger partial charge in [-0.25, -0.2) is 0 Å². The summed E-state index contributed by atoms with van der Waals surface area (Å²) in [4.78, 5) is 26.8. The second-order valence-corrected chi connectivity index (χ2v) is 5.21. The molecule has 0 radical (unpaired) electrons. The zero-order valence-electron chi connectivity index (χ0n) is 10.9. The highest BCUT2D eigenvalue weighted by molar-refractivity contribution is 5.94. The fourth-order valence-electron chi connectivity index (χ4n) is 2.26. The van der Waals surface area contributed by atoms with Crippen molar-refractivity contribution >= 4 is 16.8 Å². The number of nitrogens with one attached hydrogen (secondary N) is 2. The predicted molar refractivity (Wildman–Crippen MR) is 75.6 cm³/mol. The monoisotopic (exact) mass is 272 g/mol. The Bertz CT molecular complexity index is 704. The molecule has 0 bridgehead atoms. The van der Waals surface area contributed by atoms with Crippen molar-refractivity contribution < 1.29 is 9.90 Å². The Morgan fingerprint density at radius 3 is 2.90 bits per heavy atom. The molecule has 3 N–H and O–H groups in total. The van der Waals surface area contributed by atoms with Crippen LogP contribution in [0.1, 0.15) is 23.3 Å². The van der Waals surface area contributed by atoms with Crippen LogP contribution in [-0.2, 0) is 0 Å². The van der Waals surface area contributed by atoms with E-state index in [1.165, 1.54) is 6.07 Å². The highest BCUT2D eigenvalue weighted by atomic mass is 16.3. The van der Waals surface area contributed by atoms with Crippen LogP contribution in [0.25, 0.3) is 10.9 Å². The van der Waals surface area contributed by atoms with Gasteiger partial charge < -0.3 is 15.4 Å². The molecule has 3 rings (SSSR count). The van der Waals surface area contributed by atoms with Crippen LogP contribution in [0.4, 0.5) is 0 Å². The number of benzene rings is 1. The number of hydrogen-bond acceptors (Lipinski definition) is 3. The van der Waals surface area contributed by atoms with Crippen LogP contribution in [-0.4, -0.2) is 28.6 Å². The van der Waals surface area contributed by atoms with E-state index in [0.717, 1.165) is 12.8 Å². The molecule has 1 aliphatic carbocycles. The Morgan fingerprint density at radius 1 is 1.40 bits per heavy atom. The predicted octanol–water partition coefficient (Wildman–Crippen LogP) is 1.03. The largest absolute Gasteiger partial charge is 0.391 e. The zero-order valence-corrected chi connectivity index (χ0v) is 10.9. The molecule has 2 aromatic rings. The second kappa shape index (κ2) is 5.09. The number of aromatic amines is 1. The molecule has 1 fully saturated rings. The number of aromatic nitrogens is 1. The van der Waals surface area contributed by atoms with E-state index in [4.69, 9.17) is 0 Å². The van der Waals surface area contributed by atoms with Gasteiger partial charge in [0.2, 0.25) is 0 Å². The van der Waals surface area contributed by atoms with Gasteiger partial charge in [0.1, 0.15) is 5.69 Å². The van der Waals surface area contributed by atoms with Crippen LogP contribution < -0.4 is 10.7 Å². The highest BCUT2D eigenvalue weighted by Gasteiger charge is 2.29. The number of aliphatic hydroxyl groups excluding tert-OH is 1. The number of pyridine rings is 1. The highest BCUT2D eigenvalue weighted by Crippen LogP contribution is 2.32. The summed E-state index contributed by atoms with van der Waals surface area (Å²) >= 11 is 0. The minimum atomic E-state index is -0.494. The first kappa shape index (κ1) is 12.9. The molecule has 1 heterocycles. The van der Waals surface area contributed by atoms with E-state index in [1.807, 2.05) is 0 Å². The lowest BCUT2D eigenvalue weighted by Gasteiger charge is -2.10. The maximum Gasteiger partial charge on any atom is 0.267 e. The SMILES string of the molecule is O=C(NCC(O)C1CC1)c1cc(=O)c2ccccc2[nH]1.